The van der Waals surface area contributed by atoms with Crippen LogP contribution in [0.3, 0.4) is 0 Å². The van der Waals surface area contributed by atoms with Gasteiger partial charge in [0.1, 0.15) is 22.1 Å². The largest absolute Gasteiger partial charge is 0.508 e. The fourth-order valence-corrected chi connectivity index (χ4v) is 2.10. The molecule has 0 radical (unpaired) electrons. The summed E-state index contributed by atoms with van der Waals surface area (Å²) in [4.78, 5) is -1.98. The standard InChI is InChI=1S/C12H9F5O2S/c13-20(14,15,16,17)12-6-4-10(5-7-12)19-11-3-1-2-9(18)8-11/h1-8,18H. The maximum Gasteiger partial charge on any atom is 0.310 e. The normalized spacial score (nSPS) is 15.2. The third-order valence-electron chi connectivity index (χ3n) is 2.32. The van der Waals surface area contributed by atoms with Crippen molar-refractivity contribution in [3.05, 3.63) is 48.5 Å². The fraction of sp³-hybridized carbons (Fsp3) is 0. The lowest BCUT2D eigenvalue weighted by Gasteiger charge is -2.40. The molecule has 0 heterocycles. The van der Waals surface area contributed by atoms with Crippen LogP contribution in [0.2, 0.25) is 0 Å². The molecule has 0 amide bonds. The number of rotatable bonds is 3. The highest BCUT2D eigenvalue weighted by Gasteiger charge is 2.65. The van der Waals surface area contributed by atoms with E-state index in [1.54, 1.807) is 0 Å². The molecular weight excluding hydrogens is 303 g/mol. The summed E-state index contributed by atoms with van der Waals surface area (Å²) in [5, 5.41) is 9.19. The molecule has 0 atom stereocenters. The maximum atomic E-state index is 12.5. The molecule has 1 N–H and O–H groups in total. The number of hydrogen-bond acceptors (Lipinski definition) is 2. The van der Waals surface area contributed by atoms with Crippen LogP contribution >= 0.6 is 10.2 Å². The van der Waals surface area contributed by atoms with Crippen molar-refractivity contribution in [3.63, 3.8) is 0 Å². The lowest BCUT2D eigenvalue weighted by molar-refractivity contribution is 0.364. The minimum Gasteiger partial charge on any atom is -0.508 e. The van der Waals surface area contributed by atoms with Crippen LogP contribution in [0.4, 0.5) is 19.4 Å². The highest BCUT2D eigenvalue weighted by atomic mass is 32.5. The fourth-order valence-electron chi connectivity index (χ4n) is 1.45. The Morgan fingerprint density at radius 1 is 0.800 bits per heavy atom. The zero-order valence-corrected chi connectivity index (χ0v) is 10.6. The van der Waals surface area contributed by atoms with Crippen LogP contribution in [0.25, 0.3) is 0 Å². The average Bonchev–Trinajstić information content (AvgIpc) is 2.26. The van der Waals surface area contributed by atoms with E-state index in [9.17, 15) is 24.5 Å². The predicted octanol–water partition coefficient (Wildman–Crippen LogP) is 5.84. The number of aromatic hydroxyl groups is 1. The van der Waals surface area contributed by atoms with E-state index in [0.717, 1.165) is 12.1 Å². The number of ether oxygens (including phenoxy) is 1. The van der Waals surface area contributed by atoms with Crippen LogP contribution in [0.1, 0.15) is 0 Å². The van der Waals surface area contributed by atoms with Gasteiger partial charge in [-0.3, -0.25) is 0 Å². The lowest BCUT2D eigenvalue weighted by atomic mass is 10.3. The van der Waals surface area contributed by atoms with Gasteiger partial charge in [-0.1, -0.05) is 25.5 Å². The van der Waals surface area contributed by atoms with Gasteiger partial charge in [0.2, 0.25) is 0 Å². The van der Waals surface area contributed by atoms with Crippen molar-refractivity contribution < 1.29 is 29.3 Å². The highest BCUT2D eigenvalue weighted by Crippen LogP contribution is 3.02. The Morgan fingerprint density at radius 3 is 1.90 bits per heavy atom. The second-order valence-corrected chi connectivity index (χ2v) is 6.45. The Bertz CT molecular complexity index is 637. The van der Waals surface area contributed by atoms with Crippen LogP contribution in [0.15, 0.2) is 53.4 Å². The molecule has 0 aliphatic heterocycles. The van der Waals surface area contributed by atoms with Crippen LogP contribution in [0, 0.1) is 0 Å². The van der Waals surface area contributed by atoms with E-state index in [-0.39, 0.29) is 29.4 Å². The zero-order valence-electron chi connectivity index (χ0n) is 9.77. The summed E-state index contributed by atoms with van der Waals surface area (Å²) in [6.45, 7) is 0. The van der Waals surface area contributed by atoms with Crippen molar-refractivity contribution in [1.82, 2.24) is 0 Å². The molecule has 0 bridgehead atoms. The number of hydrogen-bond donors (Lipinski definition) is 1. The Balaban J connectivity index is 2.26. The van der Waals surface area contributed by atoms with E-state index in [1.165, 1.54) is 24.3 Å². The molecule has 0 spiro atoms. The summed E-state index contributed by atoms with van der Waals surface area (Å²) < 4.78 is 67.6. The molecule has 20 heavy (non-hydrogen) atoms. The van der Waals surface area contributed by atoms with Crippen molar-refractivity contribution >= 4 is 10.2 Å². The monoisotopic (exact) mass is 312 g/mol. The molecule has 0 unspecified atom stereocenters. The van der Waals surface area contributed by atoms with Gasteiger partial charge in [-0.15, -0.1) is 0 Å². The summed E-state index contributed by atoms with van der Waals surface area (Å²) in [5.74, 6) is 0.0254. The van der Waals surface area contributed by atoms with Crippen molar-refractivity contribution in [2.75, 3.05) is 0 Å². The van der Waals surface area contributed by atoms with Crippen molar-refractivity contribution in [3.8, 4) is 17.2 Å². The first-order chi connectivity index (χ1) is 8.94. The third kappa shape index (κ3) is 3.53. The van der Waals surface area contributed by atoms with Crippen LogP contribution in [0.5, 0.6) is 17.2 Å². The Kier molecular flexibility index (Phi) is 2.73. The van der Waals surface area contributed by atoms with Crippen LogP contribution < -0.4 is 4.74 Å². The Morgan fingerprint density at radius 2 is 1.40 bits per heavy atom. The summed E-state index contributed by atoms with van der Waals surface area (Å²) in [5.41, 5.74) is 0. The van der Waals surface area contributed by atoms with Gasteiger partial charge >= 0.3 is 10.2 Å². The quantitative estimate of drug-likeness (QED) is 0.721. The van der Waals surface area contributed by atoms with E-state index in [2.05, 4.69) is 0 Å². The smallest absolute Gasteiger partial charge is 0.310 e. The molecule has 2 nitrogen and oxygen atoms in total. The van der Waals surface area contributed by atoms with Gasteiger partial charge in [-0.2, -0.15) is 0 Å². The van der Waals surface area contributed by atoms with Gasteiger partial charge in [0.15, 0.2) is 0 Å². The first-order valence-electron chi connectivity index (χ1n) is 5.25. The van der Waals surface area contributed by atoms with Gasteiger partial charge < -0.3 is 9.84 Å². The molecule has 2 aromatic rings. The van der Waals surface area contributed by atoms with Crippen LogP contribution in [-0.4, -0.2) is 5.11 Å². The average molecular weight is 312 g/mol. The number of phenolic OH excluding ortho intramolecular Hbond substituents is 1. The molecule has 0 saturated heterocycles. The minimum atomic E-state index is -9.66. The van der Waals surface area contributed by atoms with Crippen molar-refractivity contribution in [2.45, 2.75) is 4.90 Å². The van der Waals surface area contributed by atoms with Gasteiger partial charge in [-0.25, -0.2) is 0 Å². The van der Waals surface area contributed by atoms with Gasteiger partial charge in [-0.05, 0) is 36.4 Å². The molecule has 0 aliphatic rings. The number of halogens is 5. The highest BCUT2D eigenvalue weighted by molar-refractivity contribution is 8.45. The van der Waals surface area contributed by atoms with E-state index >= 15 is 0 Å². The molecule has 2 aromatic carbocycles. The molecule has 2 rings (SSSR count). The first kappa shape index (κ1) is 14.4. The van der Waals surface area contributed by atoms with E-state index < -0.39 is 15.1 Å². The van der Waals surface area contributed by atoms with Gasteiger partial charge in [0, 0.05) is 6.07 Å². The second kappa shape index (κ2) is 3.78. The molecule has 0 saturated carbocycles. The summed E-state index contributed by atoms with van der Waals surface area (Å²) >= 11 is 0. The topological polar surface area (TPSA) is 29.5 Å². The molecule has 110 valence electrons. The second-order valence-electron chi connectivity index (χ2n) is 4.04. The zero-order chi connectivity index (χ0) is 15.1. The van der Waals surface area contributed by atoms with E-state index in [4.69, 9.17) is 4.74 Å². The number of phenols is 1. The first-order valence-corrected chi connectivity index (χ1v) is 7.20. The Labute approximate surface area is 111 Å². The SMILES string of the molecule is Oc1cccc(Oc2ccc(S(F)(F)(F)(F)F)cc2)c1. The van der Waals surface area contributed by atoms with E-state index in [1.807, 2.05) is 0 Å². The molecule has 8 heteroatoms. The van der Waals surface area contributed by atoms with E-state index in [0.29, 0.717) is 0 Å². The van der Waals surface area contributed by atoms with Crippen LogP contribution in [-0.2, 0) is 0 Å². The van der Waals surface area contributed by atoms with Gasteiger partial charge in [0.25, 0.3) is 0 Å². The summed E-state index contributed by atoms with van der Waals surface area (Å²) in [6.07, 6.45) is 0. The maximum absolute atomic E-state index is 12.5. The summed E-state index contributed by atoms with van der Waals surface area (Å²) in [7, 11) is -9.66. The van der Waals surface area contributed by atoms with Crippen molar-refractivity contribution in [1.29, 1.82) is 0 Å². The minimum absolute atomic E-state index is 0.0544. The third-order valence-corrected chi connectivity index (χ3v) is 3.49. The molecule has 0 fully saturated rings. The Hall–Kier alpha value is -1.96. The number of benzene rings is 2. The molecule has 0 aromatic heterocycles. The summed E-state index contributed by atoms with van der Waals surface area (Å²) in [6, 6.07) is 7.64. The lowest BCUT2D eigenvalue weighted by Crippen LogP contribution is -2.05. The predicted molar refractivity (Wildman–Crippen MR) is 66.0 cm³/mol. The van der Waals surface area contributed by atoms with Gasteiger partial charge in [0.05, 0.1) is 0 Å². The molecule has 0 aliphatic carbocycles. The van der Waals surface area contributed by atoms with Crippen molar-refractivity contribution in [2.24, 2.45) is 0 Å². The molecular formula is C12H9F5O2S.